The van der Waals surface area contributed by atoms with Crippen molar-refractivity contribution in [1.82, 2.24) is 10.2 Å². The van der Waals surface area contributed by atoms with Crippen molar-refractivity contribution in [3.63, 3.8) is 0 Å². The Morgan fingerprint density at radius 1 is 1.18 bits per heavy atom. The quantitative estimate of drug-likeness (QED) is 0.944. The molecule has 114 valence electrons. The summed E-state index contributed by atoms with van der Waals surface area (Å²) >= 11 is 0. The number of halogens is 1. The molecule has 1 atom stereocenters. The van der Waals surface area contributed by atoms with Gasteiger partial charge < -0.3 is 10.2 Å². The van der Waals surface area contributed by atoms with Crippen LogP contribution in [0.4, 0.5) is 4.39 Å². The lowest BCUT2D eigenvalue weighted by Gasteiger charge is -2.30. The summed E-state index contributed by atoms with van der Waals surface area (Å²) in [4.78, 5) is 14.0. The molecule has 1 aliphatic heterocycles. The van der Waals surface area contributed by atoms with Crippen LogP contribution in [0.1, 0.15) is 5.56 Å². The van der Waals surface area contributed by atoms with Crippen molar-refractivity contribution >= 4 is 5.91 Å². The van der Waals surface area contributed by atoms with Crippen LogP contribution in [0.5, 0.6) is 0 Å². The average Bonchev–Trinajstić information content (AvgIpc) is 2.53. The number of piperazine rings is 1. The standard InChI is InChI=1S/C18H19FN2O/c1-21-11-10-20-17(18(21)22)12-14-4-2-3-5-16(14)13-6-8-15(19)9-7-13/h2-9,17,20H,10-12H2,1H3/t17-/m1/s1. The Morgan fingerprint density at radius 2 is 1.91 bits per heavy atom. The Labute approximate surface area is 129 Å². The number of nitrogens with one attached hydrogen (secondary N) is 1. The number of likely N-dealkylation sites (N-methyl/N-ethyl adjacent to an activating group) is 1. The van der Waals surface area contributed by atoms with Crippen LogP contribution in [0.25, 0.3) is 11.1 Å². The molecular weight excluding hydrogens is 279 g/mol. The molecule has 3 rings (SSSR count). The van der Waals surface area contributed by atoms with Crippen molar-refractivity contribution in [2.75, 3.05) is 20.1 Å². The van der Waals surface area contributed by atoms with Gasteiger partial charge in [-0.2, -0.15) is 0 Å². The molecule has 1 heterocycles. The van der Waals surface area contributed by atoms with Crippen LogP contribution in [0.3, 0.4) is 0 Å². The van der Waals surface area contributed by atoms with Gasteiger partial charge in [0.2, 0.25) is 5.91 Å². The first kappa shape index (κ1) is 14.7. The molecule has 1 fully saturated rings. The lowest BCUT2D eigenvalue weighted by Crippen LogP contribution is -2.54. The summed E-state index contributed by atoms with van der Waals surface area (Å²) in [5.74, 6) is -0.118. The zero-order valence-electron chi connectivity index (χ0n) is 12.6. The smallest absolute Gasteiger partial charge is 0.239 e. The van der Waals surface area contributed by atoms with Crippen LogP contribution in [0.2, 0.25) is 0 Å². The third-order valence-electron chi connectivity index (χ3n) is 4.11. The molecule has 3 nitrogen and oxygen atoms in total. The first-order valence-electron chi connectivity index (χ1n) is 7.47. The van der Waals surface area contributed by atoms with Gasteiger partial charge in [0.05, 0.1) is 6.04 Å². The third-order valence-corrected chi connectivity index (χ3v) is 4.11. The van der Waals surface area contributed by atoms with Crippen LogP contribution < -0.4 is 5.32 Å². The normalized spacial score (nSPS) is 18.5. The highest BCUT2D eigenvalue weighted by Crippen LogP contribution is 2.25. The van der Waals surface area contributed by atoms with Gasteiger partial charge >= 0.3 is 0 Å². The van der Waals surface area contributed by atoms with Crippen LogP contribution >= 0.6 is 0 Å². The second kappa shape index (κ2) is 6.28. The number of rotatable bonds is 3. The first-order valence-corrected chi connectivity index (χ1v) is 7.47. The number of hydrogen-bond acceptors (Lipinski definition) is 2. The lowest BCUT2D eigenvalue weighted by atomic mass is 9.94. The Balaban J connectivity index is 1.88. The Morgan fingerprint density at radius 3 is 2.68 bits per heavy atom. The minimum Gasteiger partial charge on any atom is -0.343 e. The summed E-state index contributed by atoms with van der Waals surface area (Å²) in [5, 5.41) is 3.28. The van der Waals surface area contributed by atoms with Crippen LogP contribution in [-0.2, 0) is 11.2 Å². The number of hydrogen-bond donors (Lipinski definition) is 1. The van der Waals surface area contributed by atoms with Gasteiger partial charge in [-0.3, -0.25) is 4.79 Å². The molecule has 1 amide bonds. The highest BCUT2D eigenvalue weighted by Gasteiger charge is 2.26. The average molecular weight is 298 g/mol. The molecule has 1 aliphatic rings. The van der Waals surface area contributed by atoms with Gasteiger partial charge in [-0.1, -0.05) is 36.4 Å². The Kier molecular flexibility index (Phi) is 4.20. The van der Waals surface area contributed by atoms with Crippen molar-refractivity contribution in [1.29, 1.82) is 0 Å². The maximum absolute atomic E-state index is 13.1. The molecule has 0 spiro atoms. The number of benzene rings is 2. The number of nitrogens with zero attached hydrogens (tertiary/aromatic N) is 1. The van der Waals surface area contributed by atoms with E-state index >= 15 is 0 Å². The lowest BCUT2D eigenvalue weighted by molar-refractivity contribution is -0.134. The second-order valence-electron chi connectivity index (χ2n) is 5.63. The topological polar surface area (TPSA) is 32.3 Å². The highest BCUT2D eigenvalue weighted by atomic mass is 19.1. The van der Waals surface area contributed by atoms with Crippen LogP contribution in [0.15, 0.2) is 48.5 Å². The summed E-state index contributed by atoms with van der Waals surface area (Å²) < 4.78 is 13.1. The molecule has 22 heavy (non-hydrogen) atoms. The SMILES string of the molecule is CN1CCN[C@H](Cc2ccccc2-c2ccc(F)cc2)C1=O. The van der Waals surface area contributed by atoms with E-state index in [4.69, 9.17) is 0 Å². The highest BCUT2D eigenvalue weighted by molar-refractivity contribution is 5.83. The molecule has 0 aromatic heterocycles. The number of amides is 1. The van der Waals surface area contributed by atoms with Gasteiger partial charge in [-0.15, -0.1) is 0 Å². The van der Waals surface area contributed by atoms with E-state index in [1.54, 1.807) is 17.0 Å². The predicted octanol–water partition coefficient (Wildman–Crippen LogP) is 2.47. The monoisotopic (exact) mass is 298 g/mol. The molecule has 0 unspecified atom stereocenters. The van der Waals surface area contributed by atoms with Gasteiger partial charge in [0.25, 0.3) is 0 Å². The van der Waals surface area contributed by atoms with Crippen molar-refractivity contribution < 1.29 is 9.18 Å². The molecule has 2 aromatic carbocycles. The zero-order valence-corrected chi connectivity index (χ0v) is 12.6. The summed E-state index contributed by atoms with van der Waals surface area (Å²) in [6, 6.07) is 14.3. The van der Waals surface area contributed by atoms with E-state index in [1.165, 1.54) is 12.1 Å². The van der Waals surface area contributed by atoms with E-state index in [2.05, 4.69) is 5.32 Å². The van der Waals surface area contributed by atoms with Crippen molar-refractivity contribution in [2.45, 2.75) is 12.5 Å². The maximum atomic E-state index is 13.1. The second-order valence-corrected chi connectivity index (χ2v) is 5.63. The molecule has 4 heteroatoms. The van der Waals surface area contributed by atoms with Gasteiger partial charge in [-0.05, 0) is 35.2 Å². The fourth-order valence-electron chi connectivity index (χ4n) is 2.86. The van der Waals surface area contributed by atoms with Gasteiger partial charge in [0.1, 0.15) is 5.82 Å². The molecule has 2 aromatic rings. The molecular formula is C18H19FN2O. The van der Waals surface area contributed by atoms with Crippen LogP contribution in [0, 0.1) is 5.82 Å². The molecule has 1 N–H and O–H groups in total. The van der Waals surface area contributed by atoms with E-state index in [9.17, 15) is 9.18 Å². The predicted molar refractivity (Wildman–Crippen MR) is 85.0 cm³/mol. The Hall–Kier alpha value is -2.20. The summed E-state index contributed by atoms with van der Waals surface area (Å²) in [7, 11) is 1.84. The summed E-state index contributed by atoms with van der Waals surface area (Å²) in [6.07, 6.45) is 0.636. The fourth-order valence-corrected chi connectivity index (χ4v) is 2.86. The Bertz CT molecular complexity index is 669. The molecule has 0 saturated carbocycles. The first-order chi connectivity index (χ1) is 10.6. The van der Waals surface area contributed by atoms with Gasteiger partial charge in [-0.25, -0.2) is 4.39 Å². The van der Waals surface area contributed by atoms with E-state index in [0.717, 1.165) is 29.8 Å². The minimum absolute atomic E-state index is 0.125. The van der Waals surface area contributed by atoms with E-state index in [-0.39, 0.29) is 17.8 Å². The molecule has 0 aliphatic carbocycles. The van der Waals surface area contributed by atoms with Crippen molar-refractivity contribution in [3.8, 4) is 11.1 Å². The molecule has 1 saturated heterocycles. The number of carbonyl (C=O) groups is 1. The summed E-state index contributed by atoms with van der Waals surface area (Å²) in [6.45, 7) is 1.56. The fraction of sp³-hybridized carbons (Fsp3) is 0.278. The molecule has 0 bridgehead atoms. The zero-order chi connectivity index (χ0) is 15.5. The van der Waals surface area contributed by atoms with E-state index in [1.807, 2.05) is 31.3 Å². The van der Waals surface area contributed by atoms with E-state index < -0.39 is 0 Å². The van der Waals surface area contributed by atoms with Gasteiger partial charge in [0, 0.05) is 20.1 Å². The van der Waals surface area contributed by atoms with Crippen molar-refractivity contribution in [3.05, 3.63) is 59.9 Å². The van der Waals surface area contributed by atoms with Crippen molar-refractivity contribution in [2.24, 2.45) is 0 Å². The van der Waals surface area contributed by atoms with E-state index in [0.29, 0.717) is 6.42 Å². The van der Waals surface area contributed by atoms with Gasteiger partial charge in [0.15, 0.2) is 0 Å². The van der Waals surface area contributed by atoms with Crippen LogP contribution in [-0.4, -0.2) is 37.0 Å². The largest absolute Gasteiger partial charge is 0.343 e. The summed E-state index contributed by atoms with van der Waals surface area (Å²) in [5.41, 5.74) is 3.11. The molecule has 0 radical (unpaired) electrons. The maximum Gasteiger partial charge on any atom is 0.239 e. The number of carbonyl (C=O) groups excluding carboxylic acids is 1. The third kappa shape index (κ3) is 3.02. The minimum atomic E-state index is -0.244.